The summed E-state index contributed by atoms with van der Waals surface area (Å²) in [6.45, 7) is -0.537. The Kier molecular flexibility index (Phi) is 4.47. The fourth-order valence-electron chi connectivity index (χ4n) is 1.26. The lowest BCUT2D eigenvalue weighted by Crippen LogP contribution is -2.44. The number of anilines is 1. The minimum absolute atomic E-state index is 0.245. The summed E-state index contributed by atoms with van der Waals surface area (Å²) in [5.74, 6) is -1.25. The van der Waals surface area contributed by atoms with Crippen molar-refractivity contribution in [1.29, 1.82) is 0 Å². The summed E-state index contributed by atoms with van der Waals surface area (Å²) in [7, 11) is 1.17. The third-order valence-corrected chi connectivity index (χ3v) is 2.18. The zero-order valence-corrected chi connectivity index (χ0v) is 9.34. The van der Waals surface area contributed by atoms with Crippen molar-refractivity contribution in [3.05, 3.63) is 29.8 Å². The maximum atomic E-state index is 11.7. The van der Waals surface area contributed by atoms with E-state index in [1.165, 1.54) is 13.2 Å². The molecule has 0 aliphatic rings. The van der Waals surface area contributed by atoms with Crippen molar-refractivity contribution < 1.29 is 19.4 Å². The van der Waals surface area contributed by atoms with Gasteiger partial charge in [0.15, 0.2) is 6.04 Å². The van der Waals surface area contributed by atoms with Gasteiger partial charge in [0.25, 0.3) is 5.91 Å². The molecule has 0 aromatic heterocycles. The van der Waals surface area contributed by atoms with E-state index in [2.05, 4.69) is 10.1 Å². The second-order valence-electron chi connectivity index (χ2n) is 3.32. The second kappa shape index (κ2) is 5.86. The van der Waals surface area contributed by atoms with E-state index in [0.29, 0.717) is 5.69 Å². The van der Waals surface area contributed by atoms with Gasteiger partial charge in [-0.3, -0.25) is 4.79 Å². The lowest BCUT2D eigenvalue weighted by atomic mass is 10.1. The predicted molar refractivity (Wildman–Crippen MR) is 61.2 cm³/mol. The van der Waals surface area contributed by atoms with Crippen LogP contribution in [0.25, 0.3) is 0 Å². The molecule has 0 saturated carbocycles. The highest BCUT2D eigenvalue weighted by Gasteiger charge is 2.21. The van der Waals surface area contributed by atoms with Crippen LogP contribution >= 0.6 is 0 Å². The monoisotopic (exact) mass is 238 g/mol. The molecule has 0 aliphatic carbocycles. The Balaban J connectivity index is 2.78. The highest BCUT2D eigenvalue weighted by molar-refractivity contribution is 6.00. The molecule has 0 saturated heterocycles. The first-order valence-corrected chi connectivity index (χ1v) is 4.94. The van der Waals surface area contributed by atoms with E-state index in [0.717, 1.165) is 0 Å². The number of methoxy groups -OCH3 is 1. The Labute approximate surface area is 98.4 Å². The highest BCUT2D eigenvalue weighted by Crippen LogP contribution is 2.10. The molecule has 0 fully saturated rings. The molecule has 6 heteroatoms. The number of nitrogens with two attached hydrogens (primary N) is 1. The smallest absolute Gasteiger partial charge is 0.330 e. The van der Waals surface area contributed by atoms with Gasteiger partial charge in [-0.1, -0.05) is 12.1 Å². The van der Waals surface area contributed by atoms with E-state index in [-0.39, 0.29) is 5.56 Å². The number of hydrogen-bond acceptors (Lipinski definition) is 5. The number of amides is 1. The van der Waals surface area contributed by atoms with Gasteiger partial charge >= 0.3 is 5.97 Å². The van der Waals surface area contributed by atoms with Gasteiger partial charge in [-0.05, 0) is 12.1 Å². The van der Waals surface area contributed by atoms with Gasteiger partial charge in [0, 0.05) is 5.69 Å². The maximum Gasteiger partial charge on any atom is 0.330 e. The van der Waals surface area contributed by atoms with Crippen molar-refractivity contribution >= 4 is 17.6 Å². The SMILES string of the molecule is COC(=O)[C@H](CO)NC(=O)c1ccccc1N. The standard InChI is InChI=1S/C11H14N2O4/c1-17-11(16)9(6-14)13-10(15)7-4-2-3-5-8(7)12/h2-5,9,14H,6,12H2,1H3,(H,13,15)/t9-/m0/s1. The van der Waals surface area contributed by atoms with Crippen molar-refractivity contribution in [3.8, 4) is 0 Å². The molecular weight excluding hydrogens is 224 g/mol. The molecule has 0 aliphatic heterocycles. The number of nitrogens with one attached hydrogen (secondary N) is 1. The van der Waals surface area contributed by atoms with E-state index in [1.54, 1.807) is 18.2 Å². The quantitative estimate of drug-likeness (QED) is 0.486. The summed E-state index contributed by atoms with van der Waals surface area (Å²) < 4.78 is 4.43. The Hall–Kier alpha value is -2.08. The summed E-state index contributed by atoms with van der Waals surface area (Å²) in [6.07, 6.45) is 0. The van der Waals surface area contributed by atoms with Gasteiger partial charge in [0.1, 0.15) is 0 Å². The Morgan fingerprint density at radius 3 is 2.65 bits per heavy atom. The van der Waals surface area contributed by atoms with Crippen LogP contribution in [0.2, 0.25) is 0 Å². The second-order valence-corrected chi connectivity index (χ2v) is 3.32. The summed E-state index contributed by atoms with van der Waals surface area (Å²) in [5.41, 5.74) is 6.15. The first kappa shape index (κ1) is 13.0. The highest BCUT2D eigenvalue weighted by atomic mass is 16.5. The Morgan fingerprint density at radius 2 is 2.12 bits per heavy atom. The molecule has 1 rings (SSSR count). The van der Waals surface area contributed by atoms with Crippen LogP contribution in [-0.2, 0) is 9.53 Å². The third kappa shape index (κ3) is 3.18. The van der Waals surface area contributed by atoms with Gasteiger partial charge < -0.3 is 20.9 Å². The predicted octanol–water partition coefficient (Wildman–Crippen LogP) is -0.468. The summed E-state index contributed by atoms with van der Waals surface area (Å²) in [5, 5.41) is 11.3. The van der Waals surface area contributed by atoms with Crippen molar-refractivity contribution in [3.63, 3.8) is 0 Å². The molecule has 92 valence electrons. The topological polar surface area (TPSA) is 102 Å². The van der Waals surface area contributed by atoms with Crippen LogP contribution in [0, 0.1) is 0 Å². The average Bonchev–Trinajstić information content (AvgIpc) is 2.35. The zero-order chi connectivity index (χ0) is 12.8. The molecule has 0 spiro atoms. The van der Waals surface area contributed by atoms with Crippen molar-refractivity contribution in [2.45, 2.75) is 6.04 Å². The molecule has 1 aromatic rings. The summed E-state index contributed by atoms with van der Waals surface area (Å²) in [6, 6.07) is 5.34. The molecule has 6 nitrogen and oxygen atoms in total. The summed E-state index contributed by atoms with van der Waals surface area (Å²) >= 11 is 0. The number of benzene rings is 1. The van der Waals surface area contributed by atoms with Gasteiger partial charge in [0.05, 0.1) is 19.3 Å². The van der Waals surface area contributed by atoms with Gasteiger partial charge in [0.2, 0.25) is 0 Å². The number of esters is 1. The molecule has 0 heterocycles. The lowest BCUT2D eigenvalue weighted by molar-refractivity contribution is -0.143. The molecular formula is C11H14N2O4. The molecule has 4 N–H and O–H groups in total. The van der Waals surface area contributed by atoms with Crippen LogP contribution in [0.5, 0.6) is 0 Å². The minimum Gasteiger partial charge on any atom is -0.467 e. The molecule has 0 radical (unpaired) electrons. The van der Waals surface area contributed by atoms with Crippen LogP contribution in [0.15, 0.2) is 24.3 Å². The zero-order valence-electron chi connectivity index (χ0n) is 9.34. The first-order valence-electron chi connectivity index (χ1n) is 4.94. The van der Waals surface area contributed by atoms with Crippen molar-refractivity contribution in [2.75, 3.05) is 19.5 Å². The lowest BCUT2D eigenvalue weighted by Gasteiger charge is -2.14. The fraction of sp³-hybridized carbons (Fsp3) is 0.273. The number of aliphatic hydroxyl groups excluding tert-OH is 1. The van der Waals surface area contributed by atoms with E-state index in [1.807, 2.05) is 0 Å². The Morgan fingerprint density at radius 1 is 1.47 bits per heavy atom. The number of ether oxygens (including phenoxy) is 1. The van der Waals surface area contributed by atoms with Crippen molar-refractivity contribution in [2.24, 2.45) is 0 Å². The van der Waals surface area contributed by atoms with Crippen LogP contribution in [-0.4, -0.2) is 36.7 Å². The molecule has 0 unspecified atom stereocenters. The van der Waals surface area contributed by atoms with Gasteiger partial charge in [-0.15, -0.1) is 0 Å². The fourth-order valence-corrected chi connectivity index (χ4v) is 1.26. The number of nitrogen functional groups attached to an aromatic ring is 1. The molecule has 1 aromatic carbocycles. The minimum atomic E-state index is -1.09. The molecule has 17 heavy (non-hydrogen) atoms. The van der Waals surface area contributed by atoms with Crippen LogP contribution in [0.4, 0.5) is 5.69 Å². The Bertz CT molecular complexity index is 420. The van der Waals surface area contributed by atoms with Gasteiger partial charge in [-0.25, -0.2) is 4.79 Å². The third-order valence-electron chi connectivity index (χ3n) is 2.18. The normalized spacial score (nSPS) is 11.6. The van der Waals surface area contributed by atoms with Crippen LogP contribution in [0.1, 0.15) is 10.4 Å². The number of aliphatic hydroxyl groups is 1. The molecule has 0 bridgehead atoms. The average molecular weight is 238 g/mol. The largest absolute Gasteiger partial charge is 0.467 e. The van der Waals surface area contributed by atoms with Crippen LogP contribution in [0.3, 0.4) is 0 Å². The molecule has 1 amide bonds. The number of carbonyl (C=O) groups excluding carboxylic acids is 2. The van der Waals surface area contributed by atoms with E-state index in [4.69, 9.17) is 10.8 Å². The number of hydrogen-bond donors (Lipinski definition) is 3. The first-order chi connectivity index (χ1) is 8.10. The molecule has 1 atom stereocenters. The summed E-state index contributed by atoms with van der Waals surface area (Å²) in [4.78, 5) is 22.9. The van der Waals surface area contributed by atoms with Gasteiger partial charge in [-0.2, -0.15) is 0 Å². The number of para-hydroxylation sites is 1. The van der Waals surface area contributed by atoms with E-state index >= 15 is 0 Å². The van der Waals surface area contributed by atoms with Crippen LogP contribution < -0.4 is 11.1 Å². The van der Waals surface area contributed by atoms with E-state index in [9.17, 15) is 9.59 Å². The van der Waals surface area contributed by atoms with E-state index < -0.39 is 24.5 Å². The number of carbonyl (C=O) groups is 2. The maximum absolute atomic E-state index is 11.7. The number of rotatable bonds is 4. The van der Waals surface area contributed by atoms with Crippen molar-refractivity contribution in [1.82, 2.24) is 5.32 Å².